The fraction of sp³-hybridized carbons (Fsp3) is 0.533. The SMILES string of the molecule is CC1(C(=O)NCc2ccc(Cl)c(N)c2)CCCCC1. The van der Waals surface area contributed by atoms with Gasteiger partial charge in [-0.25, -0.2) is 0 Å². The van der Waals surface area contributed by atoms with Crippen LogP contribution in [0.2, 0.25) is 5.02 Å². The van der Waals surface area contributed by atoms with Gasteiger partial charge in [-0.2, -0.15) is 0 Å². The molecule has 1 aromatic carbocycles. The highest BCUT2D eigenvalue weighted by Gasteiger charge is 2.34. The monoisotopic (exact) mass is 280 g/mol. The third kappa shape index (κ3) is 3.41. The van der Waals surface area contributed by atoms with Crippen molar-refractivity contribution in [2.45, 2.75) is 45.6 Å². The number of anilines is 1. The van der Waals surface area contributed by atoms with Gasteiger partial charge >= 0.3 is 0 Å². The molecule has 0 radical (unpaired) electrons. The number of nitrogen functional groups attached to an aromatic ring is 1. The van der Waals surface area contributed by atoms with E-state index in [-0.39, 0.29) is 11.3 Å². The molecule has 2 rings (SSSR count). The number of carbonyl (C=O) groups is 1. The Bertz CT molecular complexity index is 467. The van der Waals surface area contributed by atoms with E-state index in [1.54, 1.807) is 6.07 Å². The molecule has 3 nitrogen and oxygen atoms in total. The van der Waals surface area contributed by atoms with Crippen LogP contribution in [-0.4, -0.2) is 5.91 Å². The first-order valence-corrected chi connectivity index (χ1v) is 7.21. The number of carbonyl (C=O) groups excluding carboxylic acids is 1. The molecule has 0 saturated heterocycles. The number of halogens is 1. The number of nitrogens with two attached hydrogens (primary N) is 1. The lowest BCUT2D eigenvalue weighted by atomic mass is 9.75. The molecule has 1 aromatic rings. The maximum atomic E-state index is 12.3. The van der Waals surface area contributed by atoms with Crippen molar-refractivity contribution >= 4 is 23.2 Å². The summed E-state index contributed by atoms with van der Waals surface area (Å²) in [5.74, 6) is 0.153. The molecule has 0 unspecified atom stereocenters. The third-order valence-corrected chi connectivity index (χ3v) is 4.36. The van der Waals surface area contributed by atoms with Gasteiger partial charge in [0.25, 0.3) is 0 Å². The van der Waals surface area contributed by atoms with Gasteiger partial charge in [0, 0.05) is 12.0 Å². The number of hydrogen-bond acceptors (Lipinski definition) is 2. The molecule has 1 aliphatic carbocycles. The first-order chi connectivity index (χ1) is 9.01. The van der Waals surface area contributed by atoms with Gasteiger partial charge in [-0.1, -0.05) is 43.9 Å². The molecule has 0 aliphatic heterocycles. The van der Waals surface area contributed by atoms with Crippen LogP contribution in [0.25, 0.3) is 0 Å². The van der Waals surface area contributed by atoms with E-state index in [4.69, 9.17) is 17.3 Å². The highest BCUT2D eigenvalue weighted by Crippen LogP contribution is 2.35. The summed E-state index contributed by atoms with van der Waals surface area (Å²) in [7, 11) is 0. The summed E-state index contributed by atoms with van der Waals surface area (Å²) < 4.78 is 0. The van der Waals surface area contributed by atoms with E-state index >= 15 is 0 Å². The van der Waals surface area contributed by atoms with E-state index in [2.05, 4.69) is 12.2 Å². The Morgan fingerprint density at radius 2 is 2.05 bits per heavy atom. The summed E-state index contributed by atoms with van der Waals surface area (Å²) in [5.41, 5.74) is 7.09. The zero-order valence-electron chi connectivity index (χ0n) is 11.3. The van der Waals surface area contributed by atoms with Crippen molar-refractivity contribution in [3.05, 3.63) is 28.8 Å². The molecule has 1 saturated carbocycles. The van der Waals surface area contributed by atoms with Gasteiger partial charge in [0.1, 0.15) is 0 Å². The van der Waals surface area contributed by atoms with Gasteiger partial charge in [-0.3, -0.25) is 4.79 Å². The highest BCUT2D eigenvalue weighted by molar-refractivity contribution is 6.33. The van der Waals surface area contributed by atoms with E-state index in [1.807, 2.05) is 12.1 Å². The Hall–Kier alpha value is -1.22. The molecule has 0 bridgehead atoms. The molecular formula is C15H21ClN2O. The zero-order chi connectivity index (χ0) is 13.9. The molecular weight excluding hydrogens is 260 g/mol. The van der Waals surface area contributed by atoms with Crippen LogP contribution in [0.5, 0.6) is 0 Å². The largest absolute Gasteiger partial charge is 0.398 e. The summed E-state index contributed by atoms with van der Waals surface area (Å²) in [6.07, 6.45) is 5.52. The maximum Gasteiger partial charge on any atom is 0.226 e. The van der Waals surface area contributed by atoms with Gasteiger partial charge < -0.3 is 11.1 Å². The van der Waals surface area contributed by atoms with Gasteiger partial charge in [0.05, 0.1) is 10.7 Å². The fourth-order valence-electron chi connectivity index (χ4n) is 2.66. The van der Waals surface area contributed by atoms with Crippen LogP contribution >= 0.6 is 11.6 Å². The van der Waals surface area contributed by atoms with Crippen LogP contribution in [0.1, 0.15) is 44.6 Å². The molecule has 3 N–H and O–H groups in total. The Labute approximate surface area is 119 Å². The first-order valence-electron chi connectivity index (χ1n) is 6.83. The quantitative estimate of drug-likeness (QED) is 0.833. The lowest BCUT2D eigenvalue weighted by Gasteiger charge is -2.32. The number of benzene rings is 1. The zero-order valence-corrected chi connectivity index (χ0v) is 12.1. The van der Waals surface area contributed by atoms with E-state index < -0.39 is 0 Å². The summed E-state index contributed by atoms with van der Waals surface area (Å²) in [4.78, 5) is 12.3. The lowest BCUT2D eigenvalue weighted by molar-refractivity contribution is -0.132. The predicted molar refractivity (Wildman–Crippen MR) is 78.9 cm³/mol. The second kappa shape index (κ2) is 5.83. The number of rotatable bonds is 3. The number of amides is 1. The van der Waals surface area contributed by atoms with E-state index in [0.29, 0.717) is 17.3 Å². The van der Waals surface area contributed by atoms with Crippen LogP contribution in [0.15, 0.2) is 18.2 Å². The van der Waals surface area contributed by atoms with Gasteiger partial charge in [0.2, 0.25) is 5.91 Å². The molecule has 1 fully saturated rings. The average Bonchev–Trinajstić information content (AvgIpc) is 2.40. The van der Waals surface area contributed by atoms with Crippen LogP contribution < -0.4 is 11.1 Å². The van der Waals surface area contributed by atoms with Crippen molar-refractivity contribution in [2.75, 3.05) is 5.73 Å². The fourth-order valence-corrected chi connectivity index (χ4v) is 2.78. The minimum Gasteiger partial charge on any atom is -0.398 e. The molecule has 0 spiro atoms. The minimum absolute atomic E-state index is 0.153. The molecule has 0 atom stereocenters. The maximum absolute atomic E-state index is 12.3. The van der Waals surface area contributed by atoms with Gasteiger partial charge in [0.15, 0.2) is 0 Å². The first kappa shape index (κ1) is 14.2. The minimum atomic E-state index is -0.198. The summed E-state index contributed by atoms with van der Waals surface area (Å²) in [6.45, 7) is 2.58. The van der Waals surface area contributed by atoms with Gasteiger partial charge in [-0.05, 0) is 30.5 Å². The standard InChI is InChI=1S/C15H21ClN2O/c1-15(7-3-2-4-8-15)14(19)18-10-11-5-6-12(16)13(17)9-11/h5-6,9H,2-4,7-8,10,17H2,1H3,(H,18,19). The molecule has 0 heterocycles. The summed E-state index contributed by atoms with van der Waals surface area (Å²) >= 11 is 5.87. The smallest absolute Gasteiger partial charge is 0.226 e. The van der Waals surface area contributed by atoms with Crippen molar-refractivity contribution in [1.82, 2.24) is 5.32 Å². The molecule has 104 valence electrons. The van der Waals surface area contributed by atoms with Crippen LogP contribution in [0.4, 0.5) is 5.69 Å². The Balaban J connectivity index is 1.94. The summed E-state index contributed by atoms with van der Waals surface area (Å²) in [5, 5.41) is 3.57. The predicted octanol–water partition coefficient (Wildman–Crippen LogP) is 3.51. The van der Waals surface area contributed by atoms with Crippen molar-refractivity contribution in [3.63, 3.8) is 0 Å². The topological polar surface area (TPSA) is 55.1 Å². The second-order valence-corrected chi connectivity index (χ2v) is 6.07. The normalized spacial score (nSPS) is 18.0. The van der Waals surface area contributed by atoms with Crippen LogP contribution in [0.3, 0.4) is 0 Å². The summed E-state index contributed by atoms with van der Waals surface area (Å²) in [6, 6.07) is 5.47. The van der Waals surface area contributed by atoms with Gasteiger partial charge in [-0.15, -0.1) is 0 Å². The van der Waals surface area contributed by atoms with E-state index in [1.165, 1.54) is 6.42 Å². The van der Waals surface area contributed by atoms with Crippen LogP contribution in [-0.2, 0) is 11.3 Å². The van der Waals surface area contributed by atoms with Crippen molar-refractivity contribution in [3.8, 4) is 0 Å². The Morgan fingerprint density at radius 1 is 1.37 bits per heavy atom. The molecule has 1 amide bonds. The third-order valence-electron chi connectivity index (χ3n) is 4.02. The molecule has 1 aliphatic rings. The average molecular weight is 281 g/mol. The number of hydrogen-bond donors (Lipinski definition) is 2. The van der Waals surface area contributed by atoms with Crippen molar-refractivity contribution in [1.29, 1.82) is 0 Å². The highest BCUT2D eigenvalue weighted by atomic mass is 35.5. The van der Waals surface area contributed by atoms with E-state index in [9.17, 15) is 4.79 Å². The van der Waals surface area contributed by atoms with Crippen molar-refractivity contribution in [2.24, 2.45) is 5.41 Å². The van der Waals surface area contributed by atoms with Crippen molar-refractivity contribution < 1.29 is 4.79 Å². The molecule has 4 heteroatoms. The molecule has 19 heavy (non-hydrogen) atoms. The second-order valence-electron chi connectivity index (χ2n) is 5.66. The lowest BCUT2D eigenvalue weighted by Crippen LogP contribution is -2.39. The molecule has 0 aromatic heterocycles. The van der Waals surface area contributed by atoms with E-state index in [0.717, 1.165) is 31.2 Å². The number of nitrogens with one attached hydrogen (secondary N) is 1. The Morgan fingerprint density at radius 3 is 2.68 bits per heavy atom. The van der Waals surface area contributed by atoms with Crippen LogP contribution in [0, 0.1) is 5.41 Å². The Kier molecular flexibility index (Phi) is 4.35.